The van der Waals surface area contributed by atoms with E-state index in [1.807, 2.05) is 31.9 Å². The number of likely N-dealkylation sites (tertiary alicyclic amines) is 1. The first-order chi connectivity index (χ1) is 24.8. The number of alkyl carbamates (subject to hydrolysis) is 1. The first kappa shape index (κ1) is 33.4. The number of fused-ring (bicyclic) bond motifs is 6. The molecule has 1 aliphatic heterocycles. The smallest absolute Gasteiger partial charge is 0.407 e. The van der Waals surface area contributed by atoms with Crippen molar-refractivity contribution in [1.29, 1.82) is 0 Å². The number of aromatic nitrogens is 2. The molecule has 2 amide bonds. The molecule has 4 N–H and O–H groups in total. The summed E-state index contributed by atoms with van der Waals surface area (Å²) in [6.45, 7) is 7.10. The predicted octanol–water partition coefficient (Wildman–Crippen LogP) is 7.59. The van der Waals surface area contributed by atoms with Crippen LogP contribution in [0.15, 0.2) is 71.9 Å². The van der Waals surface area contributed by atoms with Gasteiger partial charge in [-0.1, -0.05) is 74.5 Å². The second-order valence-electron chi connectivity index (χ2n) is 15.1. The van der Waals surface area contributed by atoms with Crippen LogP contribution in [-0.2, 0) is 9.53 Å². The zero-order valence-electron chi connectivity index (χ0n) is 30.0. The highest BCUT2D eigenvalue weighted by Crippen LogP contribution is 2.58. The number of hydrogen-bond acceptors (Lipinski definition) is 6. The van der Waals surface area contributed by atoms with E-state index in [0.717, 1.165) is 47.7 Å². The number of H-pyrrole nitrogens is 1. The summed E-state index contributed by atoms with van der Waals surface area (Å²) in [5.41, 5.74) is 18.3. The second-order valence-corrected chi connectivity index (χ2v) is 15.1. The van der Waals surface area contributed by atoms with Gasteiger partial charge in [0.25, 0.3) is 0 Å². The fraction of sp³-hybridized carbons (Fsp3) is 0.429. The van der Waals surface area contributed by atoms with E-state index in [4.69, 9.17) is 15.5 Å². The average Bonchev–Trinajstić information content (AvgIpc) is 3.62. The van der Waals surface area contributed by atoms with E-state index in [9.17, 15) is 9.59 Å². The highest BCUT2D eigenvalue weighted by Gasteiger charge is 2.56. The summed E-state index contributed by atoms with van der Waals surface area (Å²) in [6.07, 6.45) is 6.93. The third-order valence-electron chi connectivity index (χ3n) is 11.8. The zero-order chi connectivity index (χ0) is 35.4. The number of ether oxygens (including phenoxy) is 1. The second kappa shape index (κ2) is 13.4. The van der Waals surface area contributed by atoms with Crippen LogP contribution in [-0.4, -0.2) is 64.9 Å². The van der Waals surface area contributed by atoms with Gasteiger partial charge in [0.15, 0.2) is 0 Å². The number of carbonyl (C=O) groups excluding carboxylic acids is 2. The Balaban J connectivity index is 1.04. The molecule has 6 atom stereocenters. The number of rotatable bonds is 10. The molecule has 4 aliphatic rings. The zero-order valence-corrected chi connectivity index (χ0v) is 30.0. The topological polar surface area (TPSA) is 126 Å². The van der Waals surface area contributed by atoms with Crippen LogP contribution in [0, 0.1) is 11.8 Å². The Hall–Kier alpha value is -4.76. The number of aliphatic imine (C=N–C) groups is 1. The molecule has 51 heavy (non-hydrogen) atoms. The quantitative estimate of drug-likeness (QED) is 0.149. The van der Waals surface area contributed by atoms with Crippen LogP contribution in [0.4, 0.5) is 4.79 Å². The summed E-state index contributed by atoms with van der Waals surface area (Å²) in [5.74, 6) is 2.35. The van der Waals surface area contributed by atoms with Crippen LogP contribution >= 0.6 is 0 Å². The number of imidazole rings is 1. The molecule has 2 bridgehead atoms. The average molecular weight is 685 g/mol. The summed E-state index contributed by atoms with van der Waals surface area (Å²) < 4.78 is 4.81. The summed E-state index contributed by atoms with van der Waals surface area (Å²) in [5, 5.41) is 2.76. The Bertz CT molecular complexity index is 1980. The van der Waals surface area contributed by atoms with Crippen molar-refractivity contribution in [1.82, 2.24) is 20.2 Å². The lowest BCUT2D eigenvalue weighted by Crippen LogP contribution is -2.52. The van der Waals surface area contributed by atoms with Gasteiger partial charge in [-0.25, -0.2) is 9.78 Å². The molecule has 9 heteroatoms. The number of nitrogens with zero attached hydrogens (tertiary/aromatic N) is 3. The fourth-order valence-corrected chi connectivity index (χ4v) is 9.19. The molecule has 0 radical (unpaired) electrons. The minimum Gasteiger partial charge on any atom is -0.453 e. The van der Waals surface area contributed by atoms with Gasteiger partial charge in [-0.05, 0) is 107 Å². The number of piperidine rings is 1. The number of benzene rings is 3. The summed E-state index contributed by atoms with van der Waals surface area (Å²) >= 11 is 0. The van der Waals surface area contributed by atoms with Crippen molar-refractivity contribution in [3.8, 4) is 33.5 Å². The molecule has 264 valence electrons. The lowest BCUT2D eigenvalue weighted by atomic mass is 9.81. The van der Waals surface area contributed by atoms with E-state index in [1.165, 1.54) is 59.8 Å². The maximum Gasteiger partial charge on any atom is 0.407 e. The van der Waals surface area contributed by atoms with E-state index in [-0.39, 0.29) is 23.9 Å². The maximum atomic E-state index is 13.8. The summed E-state index contributed by atoms with van der Waals surface area (Å²) in [4.78, 5) is 40.8. The Morgan fingerprint density at radius 1 is 0.941 bits per heavy atom. The van der Waals surface area contributed by atoms with Crippen molar-refractivity contribution in [2.75, 3.05) is 20.2 Å². The molecule has 8 rings (SSSR count). The first-order valence-electron chi connectivity index (χ1n) is 18.6. The van der Waals surface area contributed by atoms with Crippen molar-refractivity contribution >= 4 is 17.7 Å². The van der Waals surface area contributed by atoms with Gasteiger partial charge in [0.05, 0.1) is 30.8 Å². The van der Waals surface area contributed by atoms with Crippen molar-refractivity contribution in [3.63, 3.8) is 0 Å². The lowest BCUT2D eigenvalue weighted by Gasteiger charge is -2.31. The van der Waals surface area contributed by atoms with Crippen molar-refractivity contribution < 1.29 is 14.3 Å². The Kier molecular flexibility index (Phi) is 8.78. The highest BCUT2D eigenvalue weighted by atomic mass is 16.5. The molecule has 1 saturated heterocycles. The predicted molar refractivity (Wildman–Crippen MR) is 201 cm³/mol. The van der Waals surface area contributed by atoms with Crippen LogP contribution in [0.2, 0.25) is 0 Å². The minimum atomic E-state index is -0.650. The maximum absolute atomic E-state index is 13.8. The molecule has 4 aromatic rings. The van der Waals surface area contributed by atoms with Gasteiger partial charge >= 0.3 is 6.09 Å². The van der Waals surface area contributed by atoms with Crippen molar-refractivity contribution in [2.45, 2.75) is 82.8 Å². The van der Waals surface area contributed by atoms with Gasteiger partial charge in [-0.3, -0.25) is 9.79 Å². The number of methoxy groups -OCH3 is 1. The molecule has 3 aliphatic carbocycles. The minimum absolute atomic E-state index is 0.0702. The number of hydrogen-bond donors (Lipinski definition) is 3. The number of carbonyl (C=O) groups is 2. The number of aromatic amines is 1. The van der Waals surface area contributed by atoms with Gasteiger partial charge in [0.2, 0.25) is 5.91 Å². The molecule has 0 spiro atoms. The van der Waals surface area contributed by atoms with E-state index < -0.39 is 12.1 Å². The van der Waals surface area contributed by atoms with Gasteiger partial charge in [-0.15, -0.1) is 0 Å². The number of nitrogens with two attached hydrogens (primary N) is 1. The third-order valence-corrected chi connectivity index (χ3v) is 11.8. The largest absolute Gasteiger partial charge is 0.453 e. The standard InChI is InChI=1S/C42H48N6O3/c1-5-44-33(21-43)26-10-6-24(7-11-26)31-16-17-32(38-29-15-14-28(18-29)37(31)38)25-8-12-27(13-9-25)34-22-45-40(46-34)36-20-30-19-35(30)48(36)41(49)39(23(2)3)47-42(50)51-4/h6-13,16-17,22-23,28-30,35-36,39H,5,14-15,18-21,43H2,1-4H3,(H,45,46)(H,47,50). The Labute approximate surface area is 300 Å². The molecule has 2 saturated carbocycles. The van der Waals surface area contributed by atoms with Crippen LogP contribution in [0.1, 0.15) is 93.3 Å². The number of nitrogens with one attached hydrogen (secondary N) is 2. The summed E-state index contributed by atoms with van der Waals surface area (Å²) in [6, 6.07) is 21.7. The molecule has 2 heterocycles. The molecular formula is C42H48N6O3. The Morgan fingerprint density at radius 2 is 1.57 bits per heavy atom. The van der Waals surface area contributed by atoms with E-state index in [1.54, 1.807) is 0 Å². The van der Waals surface area contributed by atoms with Crippen LogP contribution in [0.25, 0.3) is 33.5 Å². The fourth-order valence-electron chi connectivity index (χ4n) is 9.19. The van der Waals surface area contributed by atoms with Crippen molar-refractivity contribution in [2.24, 2.45) is 22.6 Å². The van der Waals surface area contributed by atoms with E-state index in [0.29, 0.717) is 24.3 Å². The van der Waals surface area contributed by atoms with Gasteiger partial charge in [-0.2, -0.15) is 0 Å². The highest BCUT2D eigenvalue weighted by molar-refractivity contribution is 6.02. The first-order valence-corrected chi connectivity index (χ1v) is 18.6. The molecular weight excluding hydrogens is 637 g/mol. The monoisotopic (exact) mass is 684 g/mol. The van der Waals surface area contributed by atoms with Gasteiger partial charge in [0.1, 0.15) is 11.9 Å². The van der Waals surface area contributed by atoms with E-state index in [2.05, 4.69) is 76.0 Å². The van der Waals surface area contributed by atoms with Crippen LogP contribution in [0.3, 0.4) is 0 Å². The Morgan fingerprint density at radius 3 is 2.16 bits per heavy atom. The van der Waals surface area contributed by atoms with Gasteiger partial charge in [0, 0.05) is 19.1 Å². The van der Waals surface area contributed by atoms with Crippen LogP contribution < -0.4 is 11.1 Å². The van der Waals surface area contributed by atoms with Gasteiger partial charge < -0.3 is 25.7 Å². The normalized spacial score (nSPS) is 23.7. The van der Waals surface area contributed by atoms with Crippen molar-refractivity contribution in [3.05, 3.63) is 89.4 Å². The molecule has 6 unspecified atom stereocenters. The molecule has 3 aromatic carbocycles. The SMILES string of the molecule is CCN=C(CN)c1ccc(-c2ccc(-c3ccc(-c4cnc(C5CC6CC6N5C(=O)C(NC(=O)OC)C(C)C)[nH]4)cc3)c3c2C2CCC3C2)cc1. The molecule has 9 nitrogen and oxygen atoms in total. The van der Waals surface area contributed by atoms with Crippen LogP contribution in [0.5, 0.6) is 0 Å². The third kappa shape index (κ3) is 5.95. The molecule has 3 fully saturated rings. The molecule has 1 aromatic heterocycles. The lowest BCUT2D eigenvalue weighted by molar-refractivity contribution is -0.136. The summed E-state index contributed by atoms with van der Waals surface area (Å²) in [7, 11) is 1.32. The van der Waals surface area contributed by atoms with E-state index >= 15 is 0 Å². The number of amides is 2.